The zero-order valence-electron chi connectivity index (χ0n) is 27.2. The molecule has 0 aromatic heterocycles. The highest BCUT2D eigenvalue weighted by Gasteiger charge is 2.57. The summed E-state index contributed by atoms with van der Waals surface area (Å²) >= 11 is 0. The number of carboxylic acids is 1. The number of aliphatic hydroxyl groups is 8. The fourth-order valence-corrected chi connectivity index (χ4v) is 5.64. The van der Waals surface area contributed by atoms with Crippen molar-refractivity contribution in [3.8, 4) is 0 Å². The van der Waals surface area contributed by atoms with Gasteiger partial charge in [0.25, 0.3) is 0 Å². The van der Waals surface area contributed by atoms with Gasteiger partial charge in [0, 0.05) is 0 Å². The van der Waals surface area contributed by atoms with E-state index < -0.39 is 140 Å². The van der Waals surface area contributed by atoms with Crippen LogP contribution in [0.25, 0.3) is 0 Å². The smallest absolute Gasteiger partial charge is 0.373 e. The number of rotatable bonds is 10. The van der Waals surface area contributed by atoms with Crippen LogP contribution in [-0.4, -0.2) is 202 Å². The van der Waals surface area contributed by atoms with Crippen LogP contribution < -0.4 is 0 Å². The molecule has 23 nitrogen and oxygen atoms in total. The third-order valence-corrected chi connectivity index (χ3v) is 8.48. The number of carbonyl (C=O) groups is 4. The van der Waals surface area contributed by atoms with Crippen molar-refractivity contribution >= 4 is 23.9 Å². The highest BCUT2D eigenvalue weighted by Crippen LogP contribution is 2.34. The maximum Gasteiger partial charge on any atom is 0.373 e. The molecule has 290 valence electrons. The Hall–Kier alpha value is -3.14. The average Bonchev–Trinajstić information content (AvgIpc) is 3.11. The molecule has 0 aliphatic carbocycles. The van der Waals surface area contributed by atoms with Crippen LogP contribution in [0, 0.1) is 0 Å². The molecule has 51 heavy (non-hydrogen) atoms. The van der Waals surface area contributed by atoms with Crippen LogP contribution in [0.4, 0.5) is 0 Å². The molecule has 18 atom stereocenters. The van der Waals surface area contributed by atoms with Crippen LogP contribution in [0.3, 0.4) is 0 Å². The van der Waals surface area contributed by atoms with Gasteiger partial charge in [-0.3, -0.25) is 0 Å². The second-order valence-corrected chi connectivity index (χ2v) is 11.7. The van der Waals surface area contributed by atoms with Crippen LogP contribution >= 0.6 is 0 Å². The number of hydrogen-bond donors (Lipinski definition) is 9. The first-order valence-corrected chi connectivity index (χ1v) is 15.2. The molecule has 0 spiro atoms. The van der Waals surface area contributed by atoms with Gasteiger partial charge in [0.05, 0.1) is 27.4 Å². The molecular formula is C28H40O23. The fourth-order valence-electron chi connectivity index (χ4n) is 5.64. The van der Waals surface area contributed by atoms with Gasteiger partial charge in [-0.15, -0.1) is 0 Å². The fraction of sp³-hybridized carbons (Fsp3) is 0.786. The van der Waals surface area contributed by atoms with Crippen molar-refractivity contribution in [2.45, 2.75) is 117 Å². The van der Waals surface area contributed by atoms with E-state index in [0.717, 1.165) is 27.4 Å². The lowest BCUT2D eigenvalue weighted by molar-refractivity contribution is -0.370. The molecule has 4 heterocycles. The highest BCUT2D eigenvalue weighted by molar-refractivity contribution is 5.86. The summed E-state index contributed by atoms with van der Waals surface area (Å²) in [5.41, 5.74) is 0. The van der Waals surface area contributed by atoms with E-state index in [-0.39, 0.29) is 0 Å². The van der Waals surface area contributed by atoms with Gasteiger partial charge in [-0.1, -0.05) is 0 Å². The third-order valence-electron chi connectivity index (χ3n) is 8.48. The lowest BCUT2D eigenvalue weighted by atomic mass is 9.94. The standard InChI is InChI=1S/C28H40O23/c1-6-9(30)11(32)17(20(45-6)24(40)43-3)48-28-15(36)13(34)18(21(51-28)25(41)44-4)49-27-14(35)12(33)16(19(50-27)22(37)38)47-26-10(31)7(29)5-8(46-26)23(39)42-2/h5-7,9-21,26-36H,1-4H3,(H,37,38)/t6?,7-,9-,10+,11+,12+,13+,14+,15+,16+,17+,18+,19-,20-,21-,26+,27-,28-/m0/s1. The van der Waals surface area contributed by atoms with Crippen LogP contribution in [0.1, 0.15) is 6.92 Å². The van der Waals surface area contributed by atoms with E-state index in [1.165, 1.54) is 6.92 Å². The number of carboxylic acid groups (broad SMARTS) is 1. The van der Waals surface area contributed by atoms with Crippen molar-refractivity contribution in [1.82, 2.24) is 0 Å². The maximum atomic E-state index is 12.8. The van der Waals surface area contributed by atoms with E-state index in [2.05, 4.69) is 14.2 Å². The Morgan fingerprint density at radius 3 is 1.47 bits per heavy atom. The van der Waals surface area contributed by atoms with Gasteiger partial charge in [-0.2, -0.15) is 0 Å². The average molecular weight is 745 g/mol. The maximum absolute atomic E-state index is 12.8. The topological polar surface area (TPSA) is 343 Å². The minimum absolute atomic E-state index is 0.641. The van der Waals surface area contributed by atoms with Crippen molar-refractivity contribution in [3.63, 3.8) is 0 Å². The van der Waals surface area contributed by atoms with Crippen LogP contribution in [0.15, 0.2) is 11.8 Å². The quantitative estimate of drug-likeness (QED) is 0.0741. The van der Waals surface area contributed by atoms with Crippen molar-refractivity contribution in [2.75, 3.05) is 21.3 Å². The number of esters is 3. The molecule has 0 bridgehead atoms. The Bertz CT molecular complexity index is 1290. The van der Waals surface area contributed by atoms with Gasteiger partial charge in [-0.25, -0.2) is 19.2 Å². The second-order valence-electron chi connectivity index (χ2n) is 11.7. The molecule has 4 aliphatic rings. The highest BCUT2D eigenvalue weighted by atomic mass is 16.8. The zero-order chi connectivity index (χ0) is 38.1. The van der Waals surface area contributed by atoms with Gasteiger partial charge in [0.1, 0.15) is 67.1 Å². The number of methoxy groups -OCH3 is 3. The molecule has 3 fully saturated rings. The summed E-state index contributed by atoms with van der Waals surface area (Å²) in [5.74, 6) is -5.96. The zero-order valence-corrected chi connectivity index (χ0v) is 27.2. The van der Waals surface area contributed by atoms with E-state index in [4.69, 9.17) is 33.2 Å². The summed E-state index contributed by atoms with van der Waals surface area (Å²) in [6.45, 7) is 1.34. The Morgan fingerprint density at radius 1 is 0.569 bits per heavy atom. The van der Waals surface area contributed by atoms with Gasteiger partial charge < -0.3 is 93.3 Å². The Kier molecular flexibility index (Phi) is 13.3. The van der Waals surface area contributed by atoms with Crippen molar-refractivity contribution in [2.24, 2.45) is 0 Å². The van der Waals surface area contributed by atoms with Crippen LogP contribution in [-0.2, 0) is 66.5 Å². The molecule has 3 saturated heterocycles. The lowest BCUT2D eigenvalue weighted by Crippen LogP contribution is -2.68. The summed E-state index contributed by atoms with van der Waals surface area (Å²) in [6.07, 6.45) is -34.9. The monoisotopic (exact) mass is 744 g/mol. The summed E-state index contributed by atoms with van der Waals surface area (Å²) in [4.78, 5) is 49.3. The summed E-state index contributed by atoms with van der Waals surface area (Å²) in [5, 5.41) is 95.1. The van der Waals surface area contributed by atoms with Crippen molar-refractivity contribution in [1.29, 1.82) is 0 Å². The number of aliphatic hydroxyl groups excluding tert-OH is 8. The van der Waals surface area contributed by atoms with Crippen molar-refractivity contribution in [3.05, 3.63) is 11.8 Å². The van der Waals surface area contributed by atoms with Crippen LogP contribution in [0.5, 0.6) is 0 Å². The minimum Gasteiger partial charge on any atom is -0.479 e. The molecule has 0 amide bonds. The first kappa shape index (κ1) is 40.6. The lowest BCUT2D eigenvalue weighted by Gasteiger charge is -2.47. The molecule has 4 rings (SSSR count). The number of aliphatic carboxylic acids is 1. The van der Waals surface area contributed by atoms with Gasteiger partial charge in [0.15, 0.2) is 30.9 Å². The normalized spacial score (nSPS) is 44.4. The van der Waals surface area contributed by atoms with Crippen molar-refractivity contribution < 1.29 is 113 Å². The molecule has 0 radical (unpaired) electrons. The molecule has 1 unspecified atom stereocenters. The Morgan fingerprint density at radius 2 is 1.00 bits per heavy atom. The second kappa shape index (κ2) is 16.7. The molecular weight excluding hydrogens is 704 g/mol. The third kappa shape index (κ3) is 8.26. The largest absolute Gasteiger partial charge is 0.479 e. The molecule has 4 aliphatic heterocycles. The molecule has 9 N–H and O–H groups in total. The number of carbonyl (C=O) groups excluding carboxylic acids is 3. The van der Waals surface area contributed by atoms with Gasteiger partial charge >= 0.3 is 23.9 Å². The van der Waals surface area contributed by atoms with E-state index >= 15 is 0 Å². The summed E-state index contributed by atoms with van der Waals surface area (Å²) in [7, 11) is 2.85. The Labute approximate surface area is 287 Å². The molecule has 0 saturated carbocycles. The first-order chi connectivity index (χ1) is 24.0. The van der Waals surface area contributed by atoms with E-state index in [1.807, 2.05) is 0 Å². The summed E-state index contributed by atoms with van der Waals surface area (Å²) < 4.78 is 51.5. The van der Waals surface area contributed by atoms with Gasteiger partial charge in [0.2, 0.25) is 12.0 Å². The first-order valence-electron chi connectivity index (χ1n) is 15.2. The van der Waals surface area contributed by atoms with Gasteiger partial charge in [-0.05, 0) is 13.0 Å². The number of hydrogen-bond acceptors (Lipinski definition) is 22. The molecule has 0 aromatic rings. The SMILES string of the molecule is COC(=O)C1=C[C@H](O)[C@@H](O)[C@@H](O[C@@H]2[C@H](O)[C@@H](O)[C@@H](O[C@@H]3[C@H](O)[C@@H](O)[C@@H](O[C@@H]4[C@H](O)[C@@H](O)C(C)O[C@@H]4C(=O)OC)O[C@@H]3C(=O)OC)O[C@@H]2C(=O)O)O1. The molecule has 23 heteroatoms. The molecule has 0 aromatic carbocycles. The Balaban J connectivity index is 1.54. The summed E-state index contributed by atoms with van der Waals surface area (Å²) in [6, 6.07) is 0. The minimum atomic E-state index is -2.28. The van der Waals surface area contributed by atoms with E-state index in [0.29, 0.717) is 0 Å². The predicted molar refractivity (Wildman–Crippen MR) is 151 cm³/mol. The van der Waals surface area contributed by atoms with E-state index in [9.17, 15) is 65.1 Å². The van der Waals surface area contributed by atoms with Crippen LogP contribution in [0.2, 0.25) is 0 Å². The number of ether oxygens (including phenoxy) is 10. The van der Waals surface area contributed by atoms with E-state index in [1.54, 1.807) is 0 Å². The predicted octanol–water partition coefficient (Wildman–Crippen LogP) is -6.89.